The zero-order chi connectivity index (χ0) is 44.2. The first-order valence-corrected chi connectivity index (χ1v) is 18.8. The first-order chi connectivity index (χ1) is 28.9. The summed E-state index contributed by atoms with van der Waals surface area (Å²) in [5.74, 6) is -3.77. The third-order valence-electron chi connectivity index (χ3n) is 10.7. The van der Waals surface area contributed by atoms with E-state index in [2.05, 4.69) is 0 Å². The molecule has 61 heavy (non-hydrogen) atoms. The average Bonchev–Trinajstić information content (AvgIpc) is 3.21. The molecule has 14 N–H and O–H groups in total. The molecule has 18 atom stereocenters. The van der Waals surface area contributed by atoms with E-state index in [0.29, 0.717) is 0 Å². The lowest BCUT2D eigenvalue weighted by Crippen LogP contribution is -2.66. The Labute approximate surface area is 342 Å². The zero-order valence-electron chi connectivity index (χ0n) is 31.7. The Balaban J connectivity index is 1.24. The fourth-order valence-corrected chi connectivity index (χ4v) is 7.26. The lowest BCUT2D eigenvalue weighted by atomic mass is 9.97. The van der Waals surface area contributed by atoms with Crippen LogP contribution < -0.4 is 10.2 Å². The molecule has 0 saturated carbocycles. The van der Waals surface area contributed by atoms with Gasteiger partial charge in [0, 0.05) is 17.7 Å². The molecule has 4 aliphatic rings. The molecule has 0 amide bonds. The third-order valence-corrected chi connectivity index (χ3v) is 10.7. The number of aliphatic hydroxyl groups excluding tert-OH is 10. The minimum atomic E-state index is -2.11. The maximum absolute atomic E-state index is 14.2. The highest BCUT2D eigenvalue weighted by Crippen LogP contribution is 2.41. The second-order valence-corrected chi connectivity index (χ2v) is 15.0. The monoisotopic (exact) mass is 874 g/mol. The first kappa shape index (κ1) is 45.0. The van der Waals surface area contributed by atoms with Crippen LogP contribution in [0.5, 0.6) is 28.7 Å². The van der Waals surface area contributed by atoms with Gasteiger partial charge in [0.15, 0.2) is 42.2 Å². The maximum Gasteiger partial charge on any atom is 0.239 e. The van der Waals surface area contributed by atoms with Gasteiger partial charge in [-0.2, -0.15) is 0 Å². The summed E-state index contributed by atoms with van der Waals surface area (Å²) >= 11 is 0. The van der Waals surface area contributed by atoms with Crippen LogP contribution in [0.1, 0.15) is 6.92 Å². The van der Waals surface area contributed by atoms with Gasteiger partial charge in [-0.3, -0.25) is 4.79 Å². The molecule has 18 unspecified atom stereocenters. The number of benzene rings is 2. The standard InChI is InChI=1S/C37H46O24/c1-10-30(59-35-27(50)22(45)17(43)8-54-35)29(52)33(61-36-28(51)25(48)23(46)19(58-36)9-55-34-26(49)21(44)16(42)7-53-34)37(56-10)60-32-24(47)20-15(41)5-12(38)6-18(20)57-31(32)11-2-3-13(39)14(40)4-11/h2-6,10,16-17,19,21-23,25-30,33-46,48-52H,7-9H2,1H3. The van der Waals surface area contributed by atoms with Crippen LogP contribution in [-0.2, 0) is 33.2 Å². The lowest BCUT2D eigenvalue weighted by molar-refractivity contribution is -0.374. The highest BCUT2D eigenvalue weighted by Gasteiger charge is 2.54. The molecule has 2 aromatic carbocycles. The molecule has 0 spiro atoms. The highest BCUT2D eigenvalue weighted by atomic mass is 16.8. The number of phenolic OH excluding ortho intramolecular Hbond substituents is 4. The smallest absolute Gasteiger partial charge is 0.239 e. The fourth-order valence-electron chi connectivity index (χ4n) is 7.26. The molecule has 4 aliphatic heterocycles. The van der Waals surface area contributed by atoms with Gasteiger partial charge in [0.25, 0.3) is 0 Å². The van der Waals surface area contributed by atoms with Crippen LogP contribution in [0.15, 0.2) is 39.5 Å². The molecule has 3 aromatic rings. The molecule has 0 bridgehead atoms. The van der Waals surface area contributed by atoms with Gasteiger partial charge in [0.1, 0.15) is 95.7 Å². The average molecular weight is 875 g/mol. The van der Waals surface area contributed by atoms with Crippen LogP contribution >= 0.6 is 0 Å². The van der Waals surface area contributed by atoms with E-state index in [9.17, 15) is 76.3 Å². The van der Waals surface area contributed by atoms with Crippen molar-refractivity contribution in [2.45, 2.75) is 118 Å². The van der Waals surface area contributed by atoms with Gasteiger partial charge in [-0.15, -0.1) is 0 Å². The molecule has 24 heteroatoms. The minimum absolute atomic E-state index is 0.112. The predicted octanol–water partition coefficient (Wildman–Crippen LogP) is -4.76. The first-order valence-electron chi connectivity index (χ1n) is 18.8. The summed E-state index contributed by atoms with van der Waals surface area (Å²) in [6, 6.07) is 5.05. The second-order valence-electron chi connectivity index (χ2n) is 15.0. The van der Waals surface area contributed by atoms with Gasteiger partial charge in [-0.05, 0) is 25.1 Å². The summed E-state index contributed by atoms with van der Waals surface area (Å²) < 4.78 is 51.6. The molecule has 5 heterocycles. The number of hydrogen-bond donors (Lipinski definition) is 14. The molecule has 1 aromatic heterocycles. The number of aliphatic hydroxyl groups is 10. The number of fused-ring (bicyclic) bond motifs is 1. The Morgan fingerprint density at radius 1 is 0.623 bits per heavy atom. The van der Waals surface area contributed by atoms with Crippen molar-refractivity contribution in [1.29, 1.82) is 0 Å². The van der Waals surface area contributed by atoms with Gasteiger partial charge in [0.05, 0.1) is 25.9 Å². The largest absolute Gasteiger partial charge is 0.508 e. The molecule has 0 radical (unpaired) electrons. The molecule has 338 valence electrons. The number of hydrogen-bond acceptors (Lipinski definition) is 24. The van der Waals surface area contributed by atoms with E-state index in [4.69, 9.17) is 42.3 Å². The minimum Gasteiger partial charge on any atom is -0.508 e. The maximum atomic E-state index is 14.2. The summed E-state index contributed by atoms with van der Waals surface area (Å²) in [7, 11) is 0. The number of ether oxygens (including phenoxy) is 8. The number of rotatable bonds is 10. The van der Waals surface area contributed by atoms with Crippen molar-refractivity contribution >= 4 is 11.0 Å². The quantitative estimate of drug-likeness (QED) is 0.0850. The number of phenols is 4. The molecular weight excluding hydrogens is 828 g/mol. The SMILES string of the molecule is CC1OC(Oc2c(-c3ccc(O)c(O)c3)oc3cc(O)cc(O)c3c2=O)C(OC2OC(COC3OCC(O)C(O)C3O)C(O)C(O)C2O)C(O)C1OC1OCC(O)C(O)C1O. The topological polar surface area (TPSA) is 387 Å². The molecule has 4 saturated heterocycles. The molecule has 4 fully saturated rings. The van der Waals surface area contributed by atoms with Crippen LogP contribution in [0.25, 0.3) is 22.3 Å². The number of aromatic hydroxyl groups is 4. The van der Waals surface area contributed by atoms with Gasteiger partial charge in [0.2, 0.25) is 17.5 Å². The third kappa shape index (κ3) is 8.82. The normalized spacial score (nSPS) is 39.6. The van der Waals surface area contributed by atoms with Crippen molar-refractivity contribution in [3.8, 4) is 40.1 Å². The Morgan fingerprint density at radius 2 is 1.25 bits per heavy atom. The van der Waals surface area contributed by atoms with Crippen LogP contribution in [-0.4, -0.2) is 202 Å². The molecular formula is C37H46O24. The van der Waals surface area contributed by atoms with Crippen molar-refractivity contribution in [1.82, 2.24) is 0 Å². The van der Waals surface area contributed by atoms with Gasteiger partial charge in [-0.1, -0.05) is 0 Å². The van der Waals surface area contributed by atoms with E-state index in [0.717, 1.165) is 24.3 Å². The van der Waals surface area contributed by atoms with Gasteiger partial charge >= 0.3 is 0 Å². The van der Waals surface area contributed by atoms with E-state index in [-0.39, 0.29) is 11.1 Å². The van der Waals surface area contributed by atoms with Crippen molar-refractivity contribution in [3.05, 3.63) is 40.6 Å². The summed E-state index contributed by atoms with van der Waals surface area (Å²) in [6.07, 6.45) is -31.8. The van der Waals surface area contributed by atoms with Gasteiger partial charge in [-0.25, -0.2) is 0 Å². The summed E-state index contributed by atoms with van der Waals surface area (Å²) in [5.41, 5.74) is -1.59. The molecule has 7 rings (SSSR count). The van der Waals surface area contributed by atoms with Crippen molar-refractivity contribution < 1.29 is 114 Å². The van der Waals surface area contributed by atoms with E-state index >= 15 is 0 Å². The van der Waals surface area contributed by atoms with E-state index in [1.807, 2.05) is 0 Å². The lowest BCUT2D eigenvalue weighted by Gasteiger charge is -2.47. The van der Waals surface area contributed by atoms with Crippen LogP contribution in [0.3, 0.4) is 0 Å². The van der Waals surface area contributed by atoms with E-state index in [1.54, 1.807) is 0 Å². The summed E-state index contributed by atoms with van der Waals surface area (Å²) in [5, 5.41) is 146. The Kier molecular flexibility index (Phi) is 13.3. The van der Waals surface area contributed by atoms with Crippen LogP contribution in [0, 0.1) is 0 Å². The zero-order valence-corrected chi connectivity index (χ0v) is 31.7. The van der Waals surface area contributed by atoms with E-state index < -0.39 is 176 Å². The molecule has 0 aliphatic carbocycles. The fraction of sp³-hybridized carbons (Fsp3) is 0.595. The van der Waals surface area contributed by atoms with E-state index in [1.165, 1.54) is 13.0 Å². The molecule has 24 nitrogen and oxygen atoms in total. The van der Waals surface area contributed by atoms with Crippen LogP contribution in [0.4, 0.5) is 0 Å². The van der Waals surface area contributed by atoms with Crippen molar-refractivity contribution in [3.63, 3.8) is 0 Å². The summed E-state index contributed by atoms with van der Waals surface area (Å²) in [6.45, 7) is -0.303. The van der Waals surface area contributed by atoms with Crippen LogP contribution in [0.2, 0.25) is 0 Å². The summed E-state index contributed by atoms with van der Waals surface area (Å²) in [4.78, 5) is 14.2. The Bertz CT molecular complexity index is 2060. The Morgan fingerprint density at radius 3 is 1.92 bits per heavy atom. The predicted molar refractivity (Wildman–Crippen MR) is 193 cm³/mol. The second kappa shape index (κ2) is 18.0. The van der Waals surface area contributed by atoms with Gasteiger partial charge < -0.3 is 114 Å². The highest BCUT2D eigenvalue weighted by molar-refractivity contribution is 5.88. The van der Waals surface area contributed by atoms with Crippen molar-refractivity contribution in [2.75, 3.05) is 19.8 Å². The van der Waals surface area contributed by atoms with Crippen molar-refractivity contribution in [2.24, 2.45) is 0 Å². The Hall–Kier alpha value is -4.03.